The molecule has 1 saturated carbocycles. The minimum absolute atomic E-state index is 0.0123. The SMILES string of the molecule is O=C(NCc1c(F)cc(F)c(O)c1F)c1cn2c(c(O)c1=O)C(=O)N1[C@H]3CC[C@H](C3)O[C@@H]1C2. The van der Waals surface area contributed by atoms with Gasteiger partial charge in [-0.2, -0.15) is 0 Å². The van der Waals surface area contributed by atoms with Gasteiger partial charge in [-0.3, -0.25) is 14.4 Å². The molecule has 5 rings (SSSR count). The molecular formula is C21H18F3N3O6. The first-order valence-corrected chi connectivity index (χ1v) is 10.3. The van der Waals surface area contributed by atoms with E-state index >= 15 is 0 Å². The largest absolute Gasteiger partial charge is 0.503 e. The number of carbonyl (C=O) groups excluding carboxylic acids is 2. The number of pyridine rings is 1. The highest BCUT2D eigenvalue weighted by molar-refractivity contribution is 5.99. The quantitative estimate of drug-likeness (QED) is 0.629. The van der Waals surface area contributed by atoms with Crippen molar-refractivity contribution >= 4 is 11.8 Å². The number of nitrogens with one attached hydrogen (secondary N) is 1. The van der Waals surface area contributed by atoms with E-state index in [9.17, 15) is 37.8 Å². The van der Waals surface area contributed by atoms with Crippen LogP contribution < -0.4 is 10.7 Å². The maximum Gasteiger partial charge on any atom is 0.276 e. The Morgan fingerprint density at radius 3 is 2.67 bits per heavy atom. The molecule has 1 aliphatic carbocycles. The van der Waals surface area contributed by atoms with Crippen molar-refractivity contribution in [1.82, 2.24) is 14.8 Å². The lowest BCUT2D eigenvalue weighted by molar-refractivity contribution is -0.132. The molecule has 12 heteroatoms. The average Bonchev–Trinajstić information content (AvgIpc) is 3.14. The molecule has 3 aliphatic rings. The number of halogens is 3. The van der Waals surface area contributed by atoms with E-state index in [0.717, 1.165) is 19.0 Å². The van der Waals surface area contributed by atoms with E-state index in [1.165, 1.54) is 9.47 Å². The maximum absolute atomic E-state index is 14.0. The number of phenolic OH excluding ortho intramolecular Hbond substituents is 1. The Morgan fingerprint density at radius 1 is 1.15 bits per heavy atom. The first-order chi connectivity index (χ1) is 15.7. The molecule has 3 heterocycles. The molecule has 2 aliphatic heterocycles. The van der Waals surface area contributed by atoms with E-state index in [1.54, 1.807) is 0 Å². The number of phenols is 1. The van der Waals surface area contributed by atoms with Crippen LogP contribution >= 0.6 is 0 Å². The third-order valence-corrected chi connectivity index (χ3v) is 6.37. The standard InChI is InChI=1S/C21H18F3N3O6/c22-12-4-13(23)18(29)15(24)10(12)5-25-20(31)11-6-26-7-14-27(8-1-2-9(3-8)33-14)21(32)16(26)19(30)17(11)28/h4,6,8-9,14,29-30H,1-3,5,7H2,(H,25,31)/t8-,9+,14+/m0/s1. The number of carbonyl (C=O) groups is 2. The van der Waals surface area contributed by atoms with Gasteiger partial charge in [0.25, 0.3) is 11.8 Å². The molecule has 1 aromatic heterocycles. The van der Waals surface area contributed by atoms with Crippen LogP contribution in [0.15, 0.2) is 17.1 Å². The van der Waals surface area contributed by atoms with Crippen LogP contribution in [0.3, 0.4) is 0 Å². The summed E-state index contributed by atoms with van der Waals surface area (Å²) in [7, 11) is 0. The number of hydrogen-bond donors (Lipinski definition) is 3. The smallest absolute Gasteiger partial charge is 0.276 e. The zero-order valence-corrected chi connectivity index (χ0v) is 17.0. The lowest BCUT2D eigenvalue weighted by Crippen LogP contribution is -2.57. The third kappa shape index (κ3) is 3.24. The zero-order valence-electron chi connectivity index (χ0n) is 17.0. The number of hydrogen-bond acceptors (Lipinski definition) is 6. The minimum Gasteiger partial charge on any atom is -0.503 e. The normalized spacial score (nSPS) is 23.3. The topological polar surface area (TPSA) is 121 Å². The number of fused-ring (bicyclic) bond motifs is 5. The van der Waals surface area contributed by atoms with Gasteiger partial charge in [0.2, 0.25) is 5.43 Å². The number of rotatable bonds is 3. The van der Waals surface area contributed by atoms with Gasteiger partial charge in [-0.1, -0.05) is 0 Å². The van der Waals surface area contributed by atoms with Crippen molar-refractivity contribution in [3.05, 3.63) is 56.8 Å². The Morgan fingerprint density at radius 2 is 1.91 bits per heavy atom. The lowest BCUT2D eigenvalue weighted by atomic mass is 10.1. The van der Waals surface area contributed by atoms with Crippen molar-refractivity contribution in [1.29, 1.82) is 0 Å². The molecule has 2 fully saturated rings. The summed E-state index contributed by atoms with van der Waals surface area (Å²) in [6.45, 7) is -0.731. The van der Waals surface area contributed by atoms with E-state index in [2.05, 4.69) is 5.32 Å². The summed E-state index contributed by atoms with van der Waals surface area (Å²) < 4.78 is 48.2. The van der Waals surface area contributed by atoms with Gasteiger partial charge in [0.05, 0.1) is 12.6 Å². The third-order valence-electron chi connectivity index (χ3n) is 6.37. The highest BCUT2D eigenvalue weighted by Gasteiger charge is 2.47. The molecule has 1 aromatic carbocycles. The maximum atomic E-state index is 14.0. The van der Waals surface area contributed by atoms with Crippen molar-refractivity contribution in [2.75, 3.05) is 0 Å². The lowest BCUT2D eigenvalue weighted by Gasteiger charge is -2.44. The Balaban J connectivity index is 1.44. The van der Waals surface area contributed by atoms with Gasteiger partial charge in [0, 0.05) is 30.4 Å². The second kappa shape index (κ2) is 7.51. The first kappa shape index (κ1) is 21.3. The highest BCUT2D eigenvalue weighted by atomic mass is 19.1. The summed E-state index contributed by atoms with van der Waals surface area (Å²) in [5.74, 6) is -8.43. The van der Waals surface area contributed by atoms with Crippen molar-refractivity contribution in [2.45, 2.75) is 50.7 Å². The number of aromatic hydroxyl groups is 2. The van der Waals surface area contributed by atoms with Gasteiger partial charge in [-0.25, -0.2) is 13.2 Å². The van der Waals surface area contributed by atoms with E-state index in [-0.39, 0.29) is 30.5 Å². The van der Waals surface area contributed by atoms with Crippen LogP contribution in [-0.4, -0.2) is 49.9 Å². The second-order valence-corrected chi connectivity index (χ2v) is 8.28. The summed E-state index contributed by atoms with van der Waals surface area (Å²) in [6.07, 6.45) is 2.71. The summed E-state index contributed by atoms with van der Waals surface area (Å²) >= 11 is 0. The molecule has 3 N–H and O–H groups in total. The summed E-state index contributed by atoms with van der Waals surface area (Å²) in [6, 6.07) is 0.207. The molecule has 174 valence electrons. The number of benzene rings is 1. The van der Waals surface area contributed by atoms with Crippen LogP contribution in [-0.2, 0) is 17.8 Å². The Hall–Kier alpha value is -3.54. The Kier molecular flexibility index (Phi) is 4.85. The molecule has 3 atom stereocenters. The number of amides is 2. The molecule has 1 saturated heterocycles. The second-order valence-electron chi connectivity index (χ2n) is 8.28. The number of ether oxygens (including phenoxy) is 1. The monoisotopic (exact) mass is 465 g/mol. The molecule has 2 bridgehead atoms. The van der Waals surface area contributed by atoms with Gasteiger partial charge in [0.1, 0.15) is 11.4 Å². The van der Waals surface area contributed by atoms with Crippen LogP contribution in [0.1, 0.15) is 45.7 Å². The van der Waals surface area contributed by atoms with Gasteiger partial charge >= 0.3 is 0 Å². The average molecular weight is 465 g/mol. The molecule has 0 unspecified atom stereocenters. The van der Waals surface area contributed by atoms with E-state index < -0.39 is 70.1 Å². The van der Waals surface area contributed by atoms with Gasteiger partial charge in [-0.05, 0) is 19.3 Å². The summed E-state index contributed by atoms with van der Waals surface area (Å²) in [4.78, 5) is 39.8. The van der Waals surface area contributed by atoms with Crippen LogP contribution in [0, 0.1) is 17.5 Å². The van der Waals surface area contributed by atoms with Crippen LogP contribution in [0.4, 0.5) is 13.2 Å². The minimum atomic E-state index is -1.59. The van der Waals surface area contributed by atoms with E-state index in [0.29, 0.717) is 6.42 Å². The zero-order chi connectivity index (χ0) is 23.6. The molecule has 2 amide bonds. The van der Waals surface area contributed by atoms with Crippen molar-refractivity contribution in [3.8, 4) is 11.5 Å². The van der Waals surface area contributed by atoms with Crippen LogP contribution in [0.5, 0.6) is 11.5 Å². The predicted molar refractivity (Wildman–Crippen MR) is 104 cm³/mol. The van der Waals surface area contributed by atoms with Gasteiger partial charge in [0.15, 0.2) is 35.1 Å². The predicted octanol–water partition coefficient (Wildman–Crippen LogP) is 1.34. The van der Waals surface area contributed by atoms with Gasteiger partial charge < -0.3 is 29.7 Å². The fourth-order valence-corrected chi connectivity index (χ4v) is 4.76. The van der Waals surface area contributed by atoms with Crippen LogP contribution in [0.25, 0.3) is 0 Å². The number of nitrogens with zero attached hydrogens (tertiary/aromatic N) is 2. The fraction of sp³-hybridized carbons (Fsp3) is 0.381. The molecular weight excluding hydrogens is 447 g/mol. The molecule has 2 aromatic rings. The first-order valence-electron chi connectivity index (χ1n) is 10.3. The Labute approximate surface area is 184 Å². The molecule has 33 heavy (non-hydrogen) atoms. The summed E-state index contributed by atoms with van der Waals surface area (Å²) in [5, 5.41) is 21.9. The molecule has 9 nitrogen and oxygen atoms in total. The molecule has 0 radical (unpaired) electrons. The van der Waals surface area contributed by atoms with E-state index in [4.69, 9.17) is 4.74 Å². The number of aromatic nitrogens is 1. The fourth-order valence-electron chi connectivity index (χ4n) is 4.76. The Bertz CT molecular complexity index is 1260. The summed E-state index contributed by atoms with van der Waals surface area (Å²) in [5.41, 5.74) is -2.78. The van der Waals surface area contributed by atoms with Crippen molar-refractivity contribution in [2.24, 2.45) is 0 Å². The van der Waals surface area contributed by atoms with Crippen LogP contribution in [0.2, 0.25) is 0 Å². The van der Waals surface area contributed by atoms with Gasteiger partial charge in [-0.15, -0.1) is 0 Å². The highest BCUT2D eigenvalue weighted by Crippen LogP contribution is 2.38. The van der Waals surface area contributed by atoms with Crippen molar-refractivity contribution < 1.29 is 37.7 Å². The van der Waals surface area contributed by atoms with E-state index in [1.807, 2.05) is 0 Å². The van der Waals surface area contributed by atoms with Crippen molar-refractivity contribution in [3.63, 3.8) is 0 Å². The molecule has 0 spiro atoms.